The van der Waals surface area contributed by atoms with Crippen molar-refractivity contribution in [1.82, 2.24) is 4.90 Å². The van der Waals surface area contributed by atoms with Gasteiger partial charge in [0, 0.05) is 18.2 Å². The minimum atomic E-state index is -0.859. The predicted molar refractivity (Wildman–Crippen MR) is 72.2 cm³/mol. The van der Waals surface area contributed by atoms with Gasteiger partial charge in [0.25, 0.3) is 0 Å². The van der Waals surface area contributed by atoms with Gasteiger partial charge in [-0.2, -0.15) is 0 Å². The average molecular weight is 278 g/mol. The van der Waals surface area contributed by atoms with Crippen LogP contribution in [0.2, 0.25) is 0 Å². The van der Waals surface area contributed by atoms with Crippen LogP contribution in [-0.4, -0.2) is 48.2 Å². The fourth-order valence-electron chi connectivity index (χ4n) is 2.50. The molecule has 0 aliphatic carbocycles. The van der Waals surface area contributed by atoms with Gasteiger partial charge in [-0.1, -0.05) is 18.2 Å². The second kappa shape index (κ2) is 6.02. The molecule has 3 N–H and O–H groups in total. The van der Waals surface area contributed by atoms with Crippen LogP contribution in [0.15, 0.2) is 24.3 Å². The summed E-state index contributed by atoms with van der Waals surface area (Å²) in [4.78, 5) is 24.4. The second-order valence-electron chi connectivity index (χ2n) is 4.99. The summed E-state index contributed by atoms with van der Waals surface area (Å²) < 4.78 is 5.25. The molecule has 0 radical (unpaired) electrons. The smallest absolute Gasteiger partial charge is 0.310 e. The van der Waals surface area contributed by atoms with Crippen molar-refractivity contribution >= 4 is 11.9 Å². The number of nitrogens with two attached hydrogens (primary N) is 1. The molecule has 0 aromatic heterocycles. The largest absolute Gasteiger partial charge is 0.481 e. The van der Waals surface area contributed by atoms with E-state index in [0.717, 1.165) is 5.56 Å². The molecule has 2 atom stereocenters. The van der Waals surface area contributed by atoms with Gasteiger partial charge >= 0.3 is 5.97 Å². The highest BCUT2D eigenvalue weighted by Gasteiger charge is 2.36. The van der Waals surface area contributed by atoms with Crippen molar-refractivity contribution in [2.75, 3.05) is 20.3 Å². The van der Waals surface area contributed by atoms with Gasteiger partial charge in [-0.05, 0) is 18.7 Å². The summed E-state index contributed by atoms with van der Waals surface area (Å²) in [7, 11) is 1.83. The lowest BCUT2D eigenvalue weighted by Crippen LogP contribution is -2.40. The summed E-state index contributed by atoms with van der Waals surface area (Å²) >= 11 is 0. The second-order valence-corrected chi connectivity index (χ2v) is 4.99. The first-order valence-corrected chi connectivity index (χ1v) is 6.39. The molecule has 2 unspecified atom stereocenters. The van der Waals surface area contributed by atoms with Crippen molar-refractivity contribution in [1.29, 1.82) is 0 Å². The van der Waals surface area contributed by atoms with Gasteiger partial charge in [0.05, 0.1) is 19.1 Å². The van der Waals surface area contributed by atoms with E-state index in [1.54, 1.807) is 12.1 Å². The zero-order valence-electron chi connectivity index (χ0n) is 11.3. The van der Waals surface area contributed by atoms with E-state index in [4.69, 9.17) is 15.6 Å². The molecule has 108 valence electrons. The summed E-state index contributed by atoms with van der Waals surface area (Å²) in [5.41, 5.74) is 6.60. The molecule has 2 rings (SSSR count). The minimum Gasteiger partial charge on any atom is -0.481 e. The Balaban J connectivity index is 2.14. The Kier molecular flexibility index (Phi) is 4.36. The summed E-state index contributed by atoms with van der Waals surface area (Å²) in [6, 6.07) is 6.87. The third-order valence-corrected chi connectivity index (χ3v) is 3.64. The van der Waals surface area contributed by atoms with E-state index in [2.05, 4.69) is 0 Å². The Hall–Kier alpha value is -1.92. The first kappa shape index (κ1) is 14.5. The number of carboxylic acids is 1. The quantitative estimate of drug-likeness (QED) is 0.809. The average Bonchev–Trinajstić information content (AvgIpc) is 2.88. The number of carboxylic acid groups (broad SMARTS) is 1. The Morgan fingerprint density at radius 2 is 2.10 bits per heavy atom. The number of hydrogen-bond donors (Lipinski definition) is 2. The van der Waals surface area contributed by atoms with E-state index >= 15 is 0 Å². The Bertz CT molecular complexity index is 518. The highest BCUT2D eigenvalue weighted by atomic mass is 16.5. The number of benzene rings is 1. The molecule has 1 aliphatic heterocycles. The fourth-order valence-corrected chi connectivity index (χ4v) is 2.50. The van der Waals surface area contributed by atoms with E-state index in [1.807, 2.05) is 24.1 Å². The van der Waals surface area contributed by atoms with E-state index in [-0.39, 0.29) is 12.6 Å². The molecule has 1 aromatic rings. The normalized spacial score (nSPS) is 22.1. The van der Waals surface area contributed by atoms with Crippen molar-refractivity contribution in [2.24, 2.45) is 11.7 Å². The van der Waals surface area contributed by atoms with Gasteiger partial charge in [-0.15, -0.1) is 0 Å². The van der Waals surface area contributed by atoms with Gasteiger partial charge in [0.2, 0.25) is 5.91 Å². The van der Waals surface area contributed by atoms with Crippen LogP contribution in [0.1, 0.15) is 15.9 Å². The van der Waals surface area contributed by atoms with Crippen LogP contribution >= 0.6 is 0 Å². The van der Waals surface area contributed by atoms with Gasteiger partial charge in [-0.25, -0.2) is 0 Å². The van der Waals surface area contributed by atoms with Crippen LogP contribution in [0.25, 0.3) is 0 Å². The maximum atomic E-state index is 11.4. The maximum absolute atomic E-state index is 11.4. The summed E-state index contributed by atoms with van der Waals surface area (Å²) in [5.74, 6) is -1.88. The first-order chi connectivity index (χ1) is 9.50. The maximum Gasteiger partial charge on any atom is 0.310 e. The number of carbonyl (C=O) groups is 2. The number of carbonyl (C=O) groups excluding carboxylic acids is 1. The van der Waals surface area contributed by atoms with Crippen molar-refractivity contribution in [2.45, 2.75) is 12.6 Å². The number of nitrogens with zero attached hydrogens (tertiary/aromatic N) is 1. The molecule has 1 amide bonds. The molecule has 1 saturated heterocycles. The number of aliphatic carboxylic acids is 1. The summed E-state index contributed by atoms with van der Waals surface area (Å²) in [6.45, 7) is 1.06. The SMILES string of the molecule is CN(Cc1ccccc1C(N)=O)C1COCC1C(=O)O. The Morgan fingerprint density at radius 3 is 2.75 bits per heavy atom. The number of rotatable bonds is 5. The van der Waals surface area contributed by atoms with Crippen LogP contribution in [0.5, 0.6) is 0 Å². The highest BCUT2D eigenvalue weighted by molar-refractivity contribution is 5.94. The minimum absolute atomic E-state index is 0.201. The van der Waals surface area contributed by atoms with Crippen molar-refractivity contribution in [3.63, 3.8) is 0 Å². The van der Waals surface area contributed by atoms with Crippen LogP contribution < -0.4 is 5.73 Å². The molecule has 0 spiro atoms. The zero-order chi connectivity index (χ0) is 14.7. The summed E-state index contributed by atoms with van der Waals surface area (Å²) in [5, 5.41) is 9.16. The molecule has 1 aliphatic rings. The lowest BCUT2D eigenvalue weighted by atomic mass is 10.0. The molecule has 0 bridgehead atoms. The lowest BCUT2D eigenvalue weighted by Gasteiger charge is -2.26. The van der Waals surface area contributed by atoms with Gasteiger partial charge < -0.3 is 15.6 Å². The fraction of sp³-hybridized carbons (Fsp3) is 0.429. The molecule has 1 fully saturated rings. The van der Waals surface area contributed by atoms with Gasteiger partial charge in [-0.3, -0.25) is 14.5 Å². The number of hydrogen-bond acceptors (Lipinski definition) is 4. The number of likely N-dealkylation sites (N-methyl/N-ethyl adjacent to an activating group) is 1. The predicted octanol–water partition coefficient (Wildman–Crippen LogP) is 0.317. The molecule has 0 saturated carbocycles. The number of amides is 1. The van der Waals surface area contributed by atoms with E-state index in [1.165, 1.54) is 0 Å². The van der Waals surface area contributed by atoms with Crippen LogP contribution in [0, 0.1) is 5.92 Å². The third kappa shape index (κ3) is 2.97. The van der Waals surface area contributed by atoms with Crippen LogP contribution in [-0.2, 0) is 16.1 Å². The van der Waals surface area contributed by atoms with Gasteiger partial charge in [0.1, 0.15) is 0 Å². The number of primary amides is 1. The van der Waals surface area contributed by atoms with E-state index in [0.29, 0.717) is 18.7 Å². The molecular weight excluding hydrogens is 260 g/mol. The van der Waals surface area contributed by atoms with Crippen LogP contribution in [0.4, 0.5) is 0 Å². The van der Waals surface area contributed by atoms with Gasteiger partial charge in [0.15, 0.2) is 0 Å². The molecule has 1 aromatic carbocycles. The lowest BCUT2D eigenvalue weighted by molar-refractivity contribution is -0.143. The Labute approximate surface area is 117 Å². The number of ether oxygens (including phenoxy) is 1. The Morgan fingerprint density at radius 1 is 1.40 bits per heavy atom. The zero-order valence-corrected chi connectivity index (χ0v) is 11.3. The van der Waals surface area contributed by atoms with E-state index < -0.39 is 17.8 Å². The standard InChI is InChI=1S/C14H18N2O4/c1-16(12-8-20-7-11(12)14(18)19)6-9-4-2-3-5-10(9)13(15)17/h2-5,11-12H,6-8H2,1H3,(H2,15,17)(H,18,19). The topological polar surface area (TPSA) is 92.9 Å². The third-order valence-electron chi connectivity index (χ3n) is 3.64. The van der Waals surface area contributed by atoms with Crippen molar-refractivity contribution < 1.29 is 19.4 Å². The molecule has 6 heteroatoms. The summed E-state index contributed by atoms with van der Waals surface area (Å²) in [6.07, 6.45) is 0. The molecule has 1 heterocycles. The first-order valence-electron chi connectivity index (χ1n) is 6.39. The van der Waals surface area contributed by atoms with Crippen molar-refractivity contribution in [3.05, 3.63) is 35.4 Å². The van der Waals surface area contributed by atoms with E-state index in [9.17, 15) is 9.59 Å². The monoisotopic (exact) mass is 278 g/mol. The van der Waals surface area contributed by atoms with Crippen molar-refractivity contribution in [3.8, 4) is 0 Å². The van der Waals surface area contributed by atoms with Crippen LogP contribution in [0.3, 0.4) is 0 Å². The molecular formula is C14H18N2O4. The molecule has 6 nitrogen and oxygen atoms in total. The molecule has 20 heavy (non-hydrogen) atoms. The highest BCUT2D eigenvalue weighted by Crippen LogP contribution is 2.21.